The lowest BCUT2D eigenvalue weighted by atomic mass is 10.0. The molecule has 0 aromatic heterocycles. The number of esters is 2. The largest absolute Gasteiger partial charge is 0.472 e. The van der Waals surface area contributed by atoms with E-state index in [2.05, 4.69) is 26.0 Å². The highest BCUT2D eigenvalue weighted by Crippen LogP contribution is 2.43. The normalized spacial score (nSPS) is 16.8. The summed E-state index contributed by atoms with van der Waals surface area (Å²) in [6, 6.07) is 0. The third kappa shape index (κ3) is 40.0. The molecule has 1 rings (SSSR count). The molecule has 0 bridgehead atoms. The molecule has 61 heavy (non-hydrogen) atoms. The number of phosphoric ester groups is 1. The van der Waals surface area contributed by atoms with Crippen LogP contribution in [0.5, 0.6) is 0 Å². The van der Waals surface area contributed by atoms with Gasteiger partial charge in [-0.15, -0.1) is 0 Å². The van der Waals surface area contributed by atoms with Crippen molar-refractivity contribution in [3.63, 3.8) is 0 Å². The van der Waals surface area contributed by atoms with Gasteiger partial charge >= 0.3 is 19.8 Å². The molecule has 0 saturated carbocycles. The number of allylic oxidation sites excluding steroid dienone is 1. The zero-order valence-corrected chi connectivity index (χ0v) is 41.3. The molecule has 4 atom stereocenters. The molecule has 1 heterocycles. The Morgan fingerprint density at radius 2 is 1.05 bits per heavy atom. The molecule has 0 spiro atoms. The molecule has 0 amide bonds. The van der Waals surface area contributed by atoms with Gasteiger partial charge < -0.3 is 23.6 Å². The number of hydrogen-bond acceptors (Lipinski definition) is 8. The van der Waals surface area contributed by atoms with Crippen LogP contribution in [-0.4, -0.2) is 87.1 Å². The number of epoxide rings is 1. The quantitative estimate of drug-likeness (QED) is 0.0159. The van der Waals surface area contributed by atoms with Crippen LogP contribution in [0.1, 0.15) is 232 Å². The maximum atomic E-state index is 12.7. The van der Waals surface area contributed by atoms with Crippen molar-refractivity contribution in [3.05, 3.63) is 12.2 Å². The van der Waals surface area contributed by atoms with Gasteiger partial charge in [0.05, 0.1) is 40.0 Å². The fraction of sp³-hybridized carbons (Fsp3) is 0.920. The van der Waals surface area contributed by atoms with Crippen molar-refractivity contribution in [2.45, 2.75) is 250 Å². The molecular weight excluding hydrogens is 790 g/mol. The molecule has 0 aromatic rings. The van der Waals surface area contributed by atoms with Crippen LogP contribution in [-0.2, 0) is 37.4 Å². The van der Waals surface area contributed by atoms with Gasteiger partial charge in [0.15, 0.2) is 6.10 Å². The number of quaternary nitrogens is 1. The van der Waals surface area contributed by atoms with Gasteiger partial charge in [0.2, 0.25) is 0 Å². The van der Waals surface area contributed by atoms with E-state index in [4.69, 9.17) is 23.3 Å². The minimum Gasteiger partial charge on any atom is -0.462 e. The first kappa shape index (κ1) is 57.7. The number of nitrogens with zero attached hydrogens (tertiary/aromatic N) is 1. The summed E-state index contributed by atoms with van der Waals surface area (Å²) in [7, 11) is 1.47. The van der Waals surface area contributed by atoms with Gasteiger partial charge in [0.25, 0.3) is 0 Å². The summed E-state index contributed by atoms with van der Waals surface area (Å²) in [4.78, 5) is 35.5. The van der Waals surface area contributed by atoms with Crippen LogP contribution in [0.2, 0.25) is 0 Å². The fourth-order valence-electron chi connectivity index (χ4n) is 7.61. The van der Waals surface area contributed by atoms with Gasteiger partial charge in [0.1, 0.15) is 19.8 Å². The maximum absolute atomic E-state index is 12.7. The highest BCUT2D eigenvalue weighted by molar-refractivity contribution is 7.47. The number of likely N-dealkylation sites (N-methyl/N-ethyl adjacent to an activating group) is 1. The van der Waals surface area contributed by atoms with E-state index >= 15 is 0 Å². The summed E-state index contributed by atoms with van der Waals surface area (Å²) in [6.07, 6.45) is 44.3. The lowest BCUT2D eigenvalue weighted by Gasteiger charge is -2.24. The molecule has 10 nitrogen and oxygen atoms in total. The van der Waals surface area contributed by atoms with E-state index in [1.165, 1.54) is 141 Å². The van der Waals surface area contributed by atoms with Gasteiger partial charge in [-0.25, -0.2) is 4.57 Å². The number of ether oxygens (including phenoxy) is 3. The summed E-state index contributed by atoms with van der Waals surface area (Å²) in [5.41, 5.74) is 0. The Morgan fingerprint density at radius 3 is 1.56 bits per heavy atom. The Balaban J connectivity index is 2.18. The Morgan fingerprint density at radius 1 is 0.590 bits per heavy atom. The van der Waals surface area contributed by atoms with Crippen molar-refractivity contribution in [3.8, 4) is 0 Å². The Hall–Kier alpha value is -1.29. The van der Waals surface area contributed by atoms with E-state index in [1.54, 1.807) is 0 Å². The molecule has 3 unspecified atom stereocenters. The molecule has 1 aliphatic rings. The summed E-state index contributed by atoms with van der Waals surface area (Å²) >= 11 is 0. The first-order valence-electron chi connectivity index (χ1n) is 25.5. The minimum atomic E-state index is -4.38. The van der Waals surface area contributed by atoms with Crippen molar-refractivity contribution in [2.75, 3.05) is 47.5 Å². The second-order valence-electron chi connectivity index (χ2n) is 18.9. The number of unbranched alkanes of at least 4 members (excludes halogenated alkanes) is 27. The third-order valence-corrected chi connectivity index (χ3v) is 12.7. The number of carbonyl (C=O) groups excluding carboxylic acids is 2. The molecule has 0 aliphatic carbocycles. The molecule has 1 fully saturated rings. The highest BCUT2D eigenvalue weighted by Gasteiger charge is 2.36. The maximum Gasteiger partial charge on any atom is 0.472 e. The highest BCUT2D eigenvalue weighted by atomic mass is 31.2. The fourth-order valence-corrected chi connectivity index (χ4v) is 8.35. The van der Waals surface area contributed by atoms with E-state index < -0.39 is 26.5 Å². The van der Waals surface area contributed by atoms with Crippen molar-refractivity contribution in [1.82, 2.24) is 0 Å². The molecule has 1 saturated heterocycles. The Kier molecular flexibility index (Phi) is 37.0. The van der Waals surface area contributed by atoms with Crippen LogP contribution in [0.4, 0.5) is 0 Å². The van der Waals surface area contributed by atoms with Gasteiger partial charge in [0, 0.05) is 12.8 Å². The SMILES string of the molecule is CCCCCCCCCCCCCCCCCCCCCCCC(=O)OC[C@H](COP(=O)(O)OCC[N+](C)(C)C)OC(=O)CCCCCCC/C=C\CC1OC1CCCCC. The first-order valence-corrected chi connectivity index (χ1v) is 27.0. The molecule has 0 aromatic carbocycles. The van der Waals surface area contributed by atoms with Crippen molar-refractivity contribution in [2.24, 2.45) is 0 Å². The van der Waals surface area contributed by atoms with E-state index in [-0.39, 0.29) is 32.0 Å². The van der Waals surface area contributed by atoms with Crippen molar-refractivity contribution < 1.29 is 46.8 Å². The lowest BCUT2D eigenvalue weighted by molar-refractivity contribution is -0.870. The summed E-state index contributed by atoms with van der Waals surface area (Å²) in [5, 5.41) is 0. The number of rotatable bonds is 46. The van der Waals surface area contributed by atoms with E-state index in [0.717, 1.165) is 57.8 Å². The number of phosphoric acid groups is 1. The van der Waals surface area contributed by atoms with E-state index in [9.17, 15) is 19.0 Å². The van der Waals surface area contributed by atoms with Gasteiger partial charge in [-0.1, -0.05) is 193 Å². The summed E-state index contributed by atoms with van der Waals surface area (Å²) < 4.78 is 40.2. The lowest BCUT2D eigenvalue weighted by Crippen LogP contribution is -2.37. The van der Waals surface area contributed by atoms with Crippen LogP contribution in [0.15, 0.2) is 12.2 Å². The number of carbonyl (C=O) groups is 2. The summed E-state index contributed by atoms with van der Waals surface area (Å²) in [5.74, 6) is -0.807. The van der Waals surface area contributed by atoms with Gasteiger partial charge in [-0.2, -0.15) is 0 Å². The van der Waals surface area contributed by atoms with Crippen LogP contribution in [0.3, 0.4) is 0 Å². The van der Waals surface area contributed by atoms with Gasteiger partial charge in [-0.05, 0) is 38.5 Å². The van der Waals surface area contributed by atoms with E-state index in [0.29, 0.717) is 29.7 Å². The topological polar surface area (TPSA) is 121 Å². The average molecular weight is 887 g/mol. The summed E-state index contributed by atoms with van der Waals surface area (Å²) in [6.45, 7) is 4.41. The Labute approximate surface area is 375 Å². The zero-order chi connectivity index (χ0) is 44.7. The molecule has 360 valence electrons. The number of hydrogen-bond donors (Lipinski definition) is 1. The van der Waals surface area contributed by atoms with Crippen LogP contribution in [0.25, 0.3) is 0 Å². The van der Waals surface area contributed by atoms with Crippen molar-refractivity contribution >= 4 is 19.8 Å². The monoisotopic (exact) mass is 887 g/mol. The van der Waals surface area contributed by atoms with Crippen LogP contribution in [0, 0.1) is 0 Å². The molecule has 11 heteroatoms. The predicted octanol–water partition coefficient (Wildman–Crippen LogP) is 13.9. The first-order chi connectivity index (χ1) is 29.5. The predicted molar refractivity (Wildman–Crippen MR) is 252 cm³/mol. The van der Waals surface area contributed by atoms with Crippen LogP contribution >= 0.6 is 7.82 Å². The van der Waals surface area contributed by atoms with Crippen LogP contribution < -0.4 is 0 Å². The second kappa shape index (κ2) is 39.1. The van der Waals surface area contributed by atoms with E-state index in [1.807, 2.05) is 21.1 Å². The van der Waals surface area contributed by atoms with Gasteiger partial charge in [-0.3, -0.25) is 18.6 Å². The standard InChI is InChI=1S/C50H96NO9P/c1-6-8-10-11-12-13-14-15-16-17-18-19-20-21-22-23-24-25-29-32-36-40-49(52)56-44-46(45-58-61(54,55)57-43-42-51(3,4)5)59-50(53)41-37-33-30-27-26-28-31-35-39-48-47(60-48)38-34-9-7-2/h31,35,46-48H,6-30,32-34,36-45H2,1-5H3/p+1/b35-31-/t46-,47?,48?/m1/s1. The zero-order valence-electron chi connectivity index (χ0n) is 40.4. The molecule has 0 radical (unpaired) electrons. The molecular formula is C50H97NO9P+. The second-order valence-corrected chi connectivity index (χ2v) is 20.4. The molecule has 1 aliphatic heterocycles. The average Bonchev–Trinajstić information content (AvgIpc) is 3.97. The smallest absolute Gasteiger partial charge is 0.462 e. The van der Waals surface area contributed by atoms with Crippen molar-refractivity contribution in [1.29, 1.82) is 0 Å². The minimum absolute atomic E-state index is 0.0293. The third-order valence-electron chi connectivity index (χ3n) is 11.7. The Bertz CT molecular complexity index is 1110. The molecule has 1 N–H and O–H groups in total.